The van der Waals surface area contributed by atoms with Crippen molar-refractivity contribution in [2.45, 2.75) is 70.8 Å². The lowest BCUT2D eigenvalue weighted by molar-refractivity contribution is -0.138. The van der Waals surface area contributed by atoms with Gasteiger partial charge in [-0.2, -0.15) is 0 Å². The summed E-state index contributed by atoms with van der Waals surface area (Å²) in [5.74, 6) is 0.722. The van der Waals surface area contributed by atoms with Crippen molar-refractivity contribution >= 4 is 5.97 Å². The summed E-state index contributed by atoms with van der Waals surface area (Å²) in [7, 11) is 0. The lowest BCUT2D eigenvalue weighted by Gasteiger charge is -2.22. The second-order valence-corrected chi connectivity index (χ2v) is 5.79. The van der Waals surface area contributed by atoms with Crippen molar-refractivity contribution in [1.82, 2.24) is 20.2 Å². The molecule has 1 saturated carbocycles. The van der Waals surface area contributed by atoms with Crippen molar-refractivity contribution in [1.29, 1.82) is 0 Å². The van der Waals surface area contributed by atoms with E-state index >= 15 is 0 Å². The predicted molar refractivity (Wildman–Crippen MR) is 74.3 cm³/mol. The van der Waals surface area contributed by atoms with Gasteiger partial charge >= 0.3 is 5.97 Å². The molecule has 0 saturated heterocycles. The van der Waals surface area contributed by atoms with E-state index in [1.54, 1.807) is 4.68 Å². The summed E-state index contributed by atoms with van der Waals surface area (Å²) < 4.78 is 1.76. The number of carbonyl (C=O) groups is 1. The van der Waals surface area contributed by atoms with Crippen molar-refractivity contribution in [2.75, 3.05) is 0 Å². The van der Waals surface area contributed by atoms with Gasteiger partial charge in [0.25, 0.3) is 0 Å². The summed E-state index contributed by atoms with van der Waals surface area (Å²) in [6.07, 6.45) is 9.10. The number of hydrogen-bond acceptors (Lipinski definition) is 4. The molecule has 1 atom stereocenters. The quantitative estimate of drug-likeness (QED) is 0.830. The number of carboxylic acid groups (broad SMARTS) is 1. The molecule has 2 rings (SSSR count). The predicted octanol–water partition coefficient (Wildman–Crippen LogP) is 2.61. The van der Waals surface area contributed by atoms with Crippen LogP contribution < -0.4 is 0 Å². The molecule has 0 aromatic carbocycles. The van der Waals surface area contributed by atoms with Gasteiger partial charge in [-0.05, 0) is 22.8 Å². The van der Waals surface area contributed by atoms with Gasteiger partial charge in [-0.25, -0.2) is 4.68 Å². The Morgan fingerprint density at radius 2 is 2.15 bits per heavy atom. The van der Waals surface area contributed by atoms with E-state index in [1.807, 2.05) is 0 Å². The Hall–Kier alpha value is -1.46. The number of aromatic nitrogens is 4. The van der Waals surface area contributed by atoms with E-state index in [4.69, 9.17) is 5.11 Å². The summed E-state index contributed by atoms with van der Waals surface area (Å²) in [5, 5.41) is 21.0. The molecular weight excluding hydrogens is 256 g/mol. The maximum absolute atomic E-state index is 11.0. The van der Waals surface area contributed by atoms with Crippen LogP contribution in [0.3, 0.4) is 0 Å². The summed E-state index contributed by atoms with van der Waals surface area (Å²) in [4.78, 5) is 11.0. The molecule has 1 aromatic heterocycles. The van der Waals surface area contributed by atoms with Crippen molar-refractivity contribution < 1.29 is 9.90 Å². The minimum absolute atomic E-state index is 0.0938. The summed E-state index contributed by atoms with van der Waals surface area (Å²) in [6, 6.07) is -0.119. The molecule has 6 nitrogen and oxygen atoms in total. The Labute approximate surface area is 119 Å². The van der Waals surface area contributed by atoms with Gasteiger partial charge in [0.05, 0.1) is 12.5 Å². The molecule has 1 aliphatic carbocycles. The highest BCUT2D eigenvalue weighted by molar-refractivity contribution is 5.67. The first-order valence-electron chi connectivity index (χ1n) is 7.69. The first-order chi connectivity index (χ1) is 9.70. The van der Waals surface area contributed by atoms with E-state index in [2.05, 4.69) is 22.4 Å². The molecule has 1 aliphatic rings. The van der Waals surface area contributed by atoms with E-state index in [-0.39, 0.29) is 12.5 Å². The fourth-order valence-corrected chi connectivity index (χ4v) is 3.13. The average molecular weight is 280 g/mol. The molecule has 1 heterocycles. The van der Waals surface area contributed by atoms with Gasteiger partial charge in [0.15, 0.2) is 5.82 Å². The molecule has 0 bridgehead atoms. The Morgan fingerprint density at radius 3 is 2.80 bits per heavy atom. The maximum atomic E-state index is 11.0. The van der Waals surface area contributed by atoms with Gasteiger partial charge in [-0.3, -0.25) is 4.79 Å². The lowest BCUT2D eigenvalue weighted by Crippen LogP contribution is -2.20. The SMILES string of the molecule is CCCC(CC(=O)O)n1nnnc1CC1CCCCC1. The summed E-state index contributed by atoms with van der Waals surface area (Å²) >= 11 is 0. The Balaban J connectivity index is 2.06. The van der Waals surface area contributed by atoms with Crippen LogP contribution in [-0.2, 0) is 11.2 Å². The number of aliphatic carboxylic acids is 1. The second kappa shape index (κ2) is 7.36. The van der Waals surface area contributed by atoms with Crippen LogP contribution in [-0.4, -0.2) is 31.3 Å². The molecule has 1 fully saturated rings. The molecule has 1 N–H and O–H groups in total. The van der Waals surface area contributed by atoms with Gasteiger partial charge in [0.1, 0.15) is 0 Å². The largest absolute Gasteiger partial charge is 0.481 e. The number of rotatable bonds is 7. The first kappa shape index (κ1) is 14.9. The van der Waals surface area contributed by atoms with E-state index in [0.717, 1.165) is 25.1 Å². The van der Waals surface area contributed by atoms with Crippen molar-refractivity contribution in [3.05, 3.63) is 5.82 Å². The molecule has 0 amide bonds. The standard InChI is InChI=1S/C14H24N4O2/c1-2-6-12(10-14(19)20)18-13(15-16-17-18)9-11-7-4-3-5-8-11/h11-12H,2-10H2,1H3,(H,19,20). The third-order valence-electron chi connectivity index (χ3n) is 4.13. The van der Waals surface area contributed by atoms with Gasteiger partial charge in [-0.15, -0.1) is 5.10 Å². The minimum atomic E-state index is -0.789. The van der Waals surface area contributed by atoms with Crippen molar-refractivity contribution in [3.8, 4) is 0 Å². The van der Waals surface area contributed by atoms with Crippen LogP contribution in [0.5, 0.6) is 0 Å². The van der Waals surface area contributed by atoms with Crippen LogP contribution in [0.1, 0.15) is 70.2 Å². The molecule has 20 heavy (non-hydrogen) atoms. The van der Waals surface area contributed by atoms with Gasteiger partial charge in [0.2, 0.25) is 0 Å². The third-order valence-corrected chi connectivity index (χ3v) is 4.13. The highest BCUT2D eigenvalue weighted by Crippen LogP contribution is 2.27. The first-order valence-corrected chi connectivity index (χ1v) is 7.69. The summed E-state index contributed by atoms with van der Waals surface area (Å²) in [5.41, 5.74) is 0. The second-order valence-electron chi connectivity index (χ2n) is 5.79. The number of hydrogen-bond donors (Lipinski definition) is 1. The van der Waals surface area contributed by atoms with Crippen LogP contribution in [0.4, 0.5) is 0 Å². The van der Waals surface area contributed by atoms with Crippen LogP contribution >= 0.6 is 0 Å². The molecular formula is C14H24N4O2. The number of nitrogens with zero attached hydrogens (tertiary/aromatic N) is 4. The maximum Gasteiger partial charge on any atom is 0.305 e. The molecule has 0 aliphatic heterocycles. The third kappa shape index (κ3) is 4.02. The zero-order chi connectivity index (χ0) is 14.4. The van der Waals surface area contributed by atoms with Crippen LogP contribution in [0.15, 0.2) is 0 Å². The average Bonchev–Trinajstić information content (AvgIpc) is 2.87. The van der Waals surface area contributed by atoms with E-state index in [0.29, 0.717) is 5.92 Å². The normalized spacial score (nSPS) is 18.1. The lowest BCUT2D eigenvalue weighted by atomic mass is 9.87. The van der Waals surface area contributed by atoms with E-state index < -0.39 is 5.97 Å². The van der Waals surface area contributed by atoms with E-state index in [1.165, 1.54) is 32.1 Å². The zero-order valence-electron chi connectivity index (χ0n) is 12.2. The van der Waals surface area contributed by atoms with Crippen LogP contribution in [0.2, 0.25) is 0 Å². The molecule has 1 unspecified atom stereocenters. The smallest absolute Gasteiger partial charge is 0.305 e. The minimum Gasteiger partial charge on any atom is -0.481 e. The van der Waals surface area contributed by atoms with Crippen LogP contribution in [0.25, 0.3) is 0 Å². The van der Waals surface area contributed by atoms with Gasteiger partial charge in [-0.1, -0.05) is 45.4 Å². The Bertz CT molecular complexity index is 427. The molecule has 112 valence electrons. The molecule has 0 spiro atoms. The fraction of sp³-hybridized carbons (Fsp3) is 0.857. The Morgan fingerprint density at radius 1 is 1.40 bits per heavy atom. The Kier molecular flexibility index (Phi) is 5.49. The van der Waals surface area contributed by atoms with Crippen molar-refractivity contribution in [3.63, 3.8) is 0 Å². The molecule has 1 aromatic rings. The molecule has 0 radical (unpaired) electrons. The van der Waals surface area contributed by atoms with Gasteiger partial charge < -0.3 is 5.11 Å². The highest BCUT2D eigenvalue weighted by Gasteiger charge is 2.22. The highest BCUT2D eigenvalue weighted by atomic mass is 16.4. The molecule has 6 heteroatoms. The monoisotopic (exact) mass is 280 g/mol. The zero-order valence-corrected chi connectivity index (χ0v) is 12.2. The number of carboxylic acids is 1. The number of tetrazole rings is 1. The topological polar surface area (TPSA) is 80.9 Å². The fourth-order valence-electron chi connectivity index (χ4n) is 3.13. The van der Waals surface area contributed by atoms with Gasteiger partial charge in [0, 0.05) is 6.42 Å². The van der Waals surface area contributed by atoms with E-state index in [9.17, 15) is 4.79 Å². The summed E-state index contributed by atoms with van der Waals surface area (Å²) in [6.45, 7) is 2.06. The van der Waals surface area contributed by atoms with Crippen LogP contribution in [0, 0.1) is 5.92 Å². The van der Waals surface area contributed by atoms with Crippen molar-refractivity contribution in [2.24, 2.45) is 5.92 Å².